The first-order valence-corrected chi connectivity index (χ1v) is 7.59. The van der Waals surface area contributed by atoms with Gasteiger partial charge < -0.3 is 5.32 Å². The molecule has 0 amide bonds. The molecule has 1 aromatic carbocycles. The number of rotatable bonds is 4. The maximum atomic E-state index is 6.21. The Morgan fingerprint density at radius 3 is 2.20 bits per heavy atom. The predicted octanol–water partition coefficient (Wildman–Crippen LogP) is 6.18. The smallest absolute Gasteiger partial charge is 0.145 e. The lowest BCUT2D eigenvalue weighted by atomic mass is 10.1. The minimum atomic E-state index is 0.454. The van der Waals surface area contributed by atoms with Crippen molar-refractivity contribution in [1.82, 2.24) is 4.98 Å². The summed E-state index contributed by atoms with van der Waals surface area (Å²) >= 11 is 24.4. The Hall–Kier alpha value is -0.670. The molecule has 0 aliphatic heterocycles. The summed E-state index contributed by atoms with van der Waals surface area (Å²) in [5.41, 5.74) is 1.35. The molecule has 0 bridgehead atoms. The second-order valence-corrected chi connectivity index (χ2v) is 5.92. The summed E-state index contributed by atoms with van der Waals surface area (Å²) in [6.07, 6.45) is 0.971. The maximum Gasteiger partial charge on any atom is 0.145 e. The number of hydrogen-bond donors (Lipinski definition) is 1. The van der Waals surface area contributed by atoms with Crippen LogP contribution in [0.5, 0.6) is 0 Å². The fourth-order valence-corrected chi connectivity index (χ4v) is 2.79. The van der Waals surface area contributed by atoms with Gasteiger partial charge in [0.25, 0.3) is 0 Å². The van der Waals surface area contributed by atoms with E-state index in [-0.39, 0.29) is 0 Å². The van der Waals surface area contributed by atoms with Gasteiger partial charge >= 0.3 is 0 Å². The molecule has 0 atom stereocenters. The van der Waals surface area contributed by atoms with Crippen LogP contribution >= 0.6 is 46.4 Å². The fourth-order valence-electron chi connectivity index (χ4n) is 1.73. The van der Waals surface area contributed by atoms with Crippen molar-refractivity contribution in [2.75, 3.05) is 11.9 Å². The quantitative estimate of drug-likeness (QED) is 0.712. The average Bonchev–Trinajstić information content (AvgIpc) is 2.36. The molecule has 0 radical (unpaired) electrons. The van der Waals surface area contributed by atoms with Crippen LogP contribution in [0.2, 0.25) is 20.1 Å². The molecule has 2 aromatic rings. The number of nitrogens with one attached hydrogen (secondary N) is 1. The third-order valence-corrected chi connectivity index (χ3v) is 3.62. The molecule has 2 nitrogen and oxygen atoms in total. The van der Waals surface area contributed by atoms with Crippen molar-refractivity contribution in [2.24, 2.45) is 0 Å². The first kappa shape index (κ1) is 15.7. The Morgan fingerprint density at radius 2 is 1.60 bits per heavy atom. The molecule has 1 aromatic heterocycles. The third-order valence-electron chi connectivity index (χ3n) is 2.61. The van der Waals surface area contributed by atoms with Crippen LogP contribution in [0, 0.1) is 0 Å². The lowest BCUT2D eigenvalue weighted by molar-refractivity contribution is 0.970. The Balaban J connectivity index is 2.49. The van der Waals surface area contributed by atoms with Crippen LogP contribution in [0.3, 0.4) is 0 Å². The van der Waals surface area contributed by atoms with Crippen molar-refractivity contribution >= 4 is 52.2 Å². The zero-order valence-electron chi connectivity index (χ0n) is 10.7. The lowest BCUT2D eigenvalue weighted by Crippen LogP contribution is -2.03. The minimum absolute atomic E-state index is 0.454. The van der Waals surface area contributed by atoms with Crippen LogP contribution in [-0.2, 0) is 0 Å². The highest BCUT2D eigenvalue weighted by Gasteiger charge is 2.12. The van der Waals surface area contributed by atoms with Gasteiger partial charge in [-0.05, 0) is 30.7 Å². The molecule has 20 heavy (non-hydrogen) atoms. The van der Waals surface area contributed by atoms with E-state index in [0.717, 1.165) is 18.5 Å². The number of halogens is 4. The van der Waals surface area contributed by atoms with Gasteiger partial charge in [-0.25, -0.2) is 4.98 Å². The SMILES string of the molecule is CCCNc1nc(-c2cc(Cl)cc(Cl)c2)c(Cl)cc1Cl. The normalized spacial score (nSPS) is 10.7. The molecule has 106 valence electrons. The Bertz CT molecular complexity index is 609. The molecule has 2 rings (SSSR count). The highest BCUT2D eigenvalue weighted by atomic mass is 35.5. The molecule has 0 fully saturated rings. The van der Waals surface area contributed by atoms with Crippen molar-refractivity contribution in [3.63, 3.8) is 0 Å². The highest BCUT2D eigenvalue weighted by Crippen LogP contribution is 2.34. The van der Waals surface area contributed by atoms with Gasteiger partial charge in [-0.1, -0.05) is 53.3 Å². The van der Waals surface area contributed by atoms with Gasteiger partial charge in [0.2, 0.25) is 0 Å². The van der Waals surface area contributed by atoms with E-state index in [9.17, 15) is 0 Å². The largest absolute Gasteiger partial charge is 0.369 e. The Labute approximate surface area is 138 Å². The van der Waals surface area contributed by atoms with Crippen molar-refractivity contribution in [2.45, 2.75) is 13.3 Å². The molecule has 1 heterocycles. The van der Waals surface area contributed by atoms with Crippen LogP contribution in [0.4, 0.5) is 5.82 Å². The number of nitrogens with zero attached hydrogens (tertiary/aromatic N) is 1. The van der Waals surface area contributed by atoms with Crippen LogP contribution in [0.15, 0.2) is 24.3 Å². The summed E-state index contributed by atoms with van der Waals surface area (Å²) in [5.74, 6) is 0.601. The van der Waals surface area contributed by atoms with Gasteiger partial charge in [-0.3, -0.25) is 0 Å². The second kappa shape index (κ2) is 6.86. The van der Waals surface area contributed by atoms with E-state index in [1.54, 1.807) is 24.3 Å². The molecule has 0 unspecified atom stereocenters. The molecule has 0 saturated carbocycles. The summed E-state index contributed by atoms with van der Waals surface area (Å²) < 4.78 is 0. The first-order valence-electron chi connectivity index (χ1n) is 6.07. The number of anilines is 1. The van der Waals surface area contributed by atoms with Crippen molar-refractivity contribution in [3.8, 4) is 11.3 Å². The summed E-state index contributed by atoms with van der Waals surface area (Å²) in [4.78, 5) is 4.47. The van der Waals surface area contributed by atoms with Crippen LogP contribution in [0.25, 0.3) is 11.3 Å². The molecule has 0 spiro atoms. The van der Waals surface area contributed by atoms with Crippen LogP contribution < -0.4 is 5.32 Å². The van der Waals surface area contributed by atoms with Crippen molar-refractivity contribution < 1.29 is 0 Å². The van der Waals surface area contributed by atoms with E-state index in [4.69, 9.17) is 46.4 Å². The Kier molecular flexibility index (Phi) is 5.39. The number of hydrogen-bond acceptors (Lipinski definition) is 2. The van der Waals surface area contributed by atoms with E-state index >= 15 is 0 Å². The van der Waals surface area contributed by atoms with Gasteiger partial charge in [-0.15, -0.1) is 0 Å². The fraction of sp³-hybridized carbons (Fsp3) is 0.214. The van der Waals surface area contributed by atoms with Crippen LogP contribution in [0.1, 0.15) is 13.3 Å². The summed E-state index contributed by atoms with van der Waals surface area (Å²) in [7, 11) is 0. The van der Waals surface area contributed by atoms with Gasteiger partial charge in [0.15, 0.2) is 0 Å². The molecular weight excluding hydrogens is 338 g/mol. The lowest BCUT2D eigenvalue weighted by Gasteiger charge is -2.11. The number of pyridine rings is 1. The summed E-state index contributed by atoms with van der Waals surface area (Å²) in [6.45, 7) is 2.85. The topological polar surface area (TPSA) is 24.9 Å². The molecule has 0 saturated heterocycles. The zero-order valence-corrected chi connectivity index (χ0v) is 13.7. The average molecular weight is 350 g/mol. The predicted molar refractivity (Wildman–Crippen MR) is 88.5 cm³/mol. The van der Waals surface area contributed by atoms with Gasteiger partial charge in [0.1, 0.15) is 5.82 Å². The van der Waals surface area contributed by atoms with Crippen molar-refractivity contribution in [3.05, 3.63) is 44.4 Å². The van der Waals surface area contributed by atoms with Crippen molar-refractivity contribution in [1.29, 1.82) is 0 Å². The van der Waals surface area contributed by atoms with Crippen LogP contribution in [-0.4, -0.2) is 11.5 Å². The molecule has 0 aliphatic carbocycles. The molecular formula is C14H12Cl4N2. The number of benzene rings is 1. The third kappa shape index (κ3) is 3.70. The van der Waals surface area contributed by atoms with E-state index in [1.165, 1.54) is 0 Å². The minimum Gasteiger partial charge on any atom is -0.369 e. The van der Waals surface area contributed by atoms with Gasteiger partial charge in [-0.2, -0.15) is 0 Å². The second-order valence-electron chi connectivity index (χ2n) is 4.23. The van der Waals surface area contributed by atoms with E-state index in [1.807, 2.05) is 0 Å². The first-order chi connectivity index (χ1) is 9.51. The van der Waals surface area contributed by atoms with E-state index in [2.05, 4.69) is 17.2 Å². The Morgan fingerprint density at radius 1 is 0.950 bits per heavy atom. The molecule has 6 heteroatoms. The van der Waals surface area contributed by atoms with E-state index in [0.29, 0.717) is 31.6 Å². The highest BCUT2D eigenvalue weighted by molar-refractivity contribution is 6.38. The zero-order chi connectivity index (χ0) is 14.7. The maximum absolute atomic E-state index is 6.21. The van der Waals surface area contributed by atoms with Gasteiger partial charge in [0, 0.05) is 22.2 Å². The van der Waals surface area contributed by atoms with Gasteiger partial charge in [0.05, 0.1) is 15.7 Å². The monoisotopic (exact) mass is 348 g/mol. The molecule has 1 N–H and O–H groups in total. The summed E-state index contributed by atoms with van der Waals surface area (Å²) in [6, 6.07) is 6.85. The van der Waals surface area contributed by atoms with E-state index < -0.39 is 0 Å². The standard InChI is InChI=1S/C14H12Cl4N2/c1-2-3-19-14-12(18)7-11(17)13(20-14)8-4-9(15)6-10(16)5-8/h4-7H,2-3H2,1H3,(H,19,20). The number of aromatic nitrogens is 1. The molecule has 0 aliphatic rings. The summed E-state index contributed by atoms with van der Waals surface area (Å²) in [5, 5.41) is 5.16.